The molecule has 7 heteroatoms. The van der Waals surface area contributed by atoms with Crippen LogP contribution in [0.25, 0.3) is 0 Å². The summed E-state index contributed by atoms with van der Waals surface area (Å²) in [6, 6.07) is 0. The Morgan fingerprint density at radius 1 is 1.48 bits per heavy atom. The number of carboxylic acid groups (broad SMARTS) is 1. The summed E-state index contributed by atoms with van der Waals surface area (Å²) in [5, 5.41) is 15.9. The summed E-state index contributed by atoms with van der Waals surface area (Å²) in [4.78, 5) is 27.5. The van der Waals surface area contributed by atoms with Crippen molar-refractivity contribution >= 4 is 11.9 Å². The average Bonchev–Trinajstić information content (AvgIpc) is 2.82. The van der Waals surface area contributed by atoms with Crippen molar-refractivity contribution in [1.29, 1.82) is 0 Å². The predicted octanol–water partition coefficient (Wildman–Crippen LogP) is 1.46. The number of rotatable bonds is 5. The molecule has 0 spiro atoms. The molecule has 2 rings (SSSR count). The van der Waals surface area contributed by atoms with E-state index >= 15 is 0 Å². The van der Waals surface area contributed by atoms with E-state index in [0.717, 1.165) is 12.8 Å². The zero-order valence-corrected chi connectivity index (χ0v) is 12.4. The van der Waals surface area contributed by atoms with Crippen molar-refractivity contribution in [2.24, 2.45) is 5.92 Å². The van der Waals surface area contributed by atoms with Gasteiger partial charge >= 0.3 is 5.97 Å². The van der Waals surface area contributed by atoms with Crippen molar-refractivity contribution in [2.75, 3.05) is 0 Å². The predicted molar refractivity (Wildman–Crippen MR) is 73.5 cm³/mol. The molecule has 1 aromatic heterocycles. The largest absolute Gasteiger partial charge is 0.481 e. The molecule has 21 heavy (non-hydrogen) atoms. The van der Waals surface area contributed by atoms with E-state index in [0.29, 0.717) is 31.0 Å². The van der Waals surface area contributed by atoms with Gasteiger partial charge in [0, 0.05) is 12.8 Å². The number of nitrogens with one attached hydrogen (secondary N) is 1. The summed E-state index contributed by atoms with van der Waals surface area (Å²) in [7, 11) is 0. The third kappa shape index (κ3) is 3.80. The fraction of sp³-hybridized carbons (Fsp3) is 0.714. The number of aromatic nitrogens is 2. The van der Waals surface area contributed by atoms with Gasteiger partial charge in [-0.2, -0.15) is 4.98 Å². The van der Waals surface area contributed by atoms with E-state index in [1.54, 1.807) is 6.92 Å². The number of nitrogens with zero attached hydrogens (tertiary/aromatic N) is 2. The molecule has 1 amide bonds. The summed E-state index contributed by atoms with van der Waals surface area (Å²) in [6.45, 7) is 3.54. The fourth-order valence-corrected chi connectivity index (χ4v) is 2.92. The van der Waals surface area contributed by atoms with E-state index in [1.807, 2.05) is 6.92 Å². The average molecular weight is 295 g/mol. The van der Waals surface area contributed by atoms with Gasteiger partial charge in [0.15, 0.2) is 5.82 Å². The van der Waals surface area contributed by atoms with E-state index < -0.39 is 17.4 Å². The van der Waals surface area contributed by atoms with Crippen molar-refractivity contribution < 1.29 is 19.2 Å². The van der Waals surface area contributed by atoms with Crippen LogP contribution in [-0.4, -0.2) is 32.7 Å². The number of aryl methyl sites for hydroxylation is 2. The Hall–Kier alpha value is -1.92. The molecule has 1 saturated carbocycles. The maximum atomic E-state index is 12.1. The Kier molecular flexibility index (Phi) is 4.59. The van der Waals surface area contributed by atoms with E-state index in [-0.39, 0.29) is 12.3 Å². The van der Waals surface area contributed by atoms with Gasteiger partial charge in [0.25, 0.3) is 0 Å². The van der Waals surface area contributed by atoms with Gasteiger partial charge in [0.1, 0.15) is 0 Å². The molecule has 2 N–H and O–H groups in total. The van der Waals surface area contributed by atoms with Gasteiger partial charge in [-0.15, -0.1) is 0 Å². The molecule has 0 bridgehead atoms. The summed E-state index contributed by atoms with van der Waals surface area (Å²) < 4.78 is 4.95. The smallest absolute Gasteiger partial charge is 0.308 e. The van der Waals surface area contributed by atoms with E-state index in [1.165, 1.54) is 0 Å². The Morgan fingerprint density at radius 3 is 2.86 bits per heavy atom. The summed E-state index contributed by atoms with van der Waals surface area (Å²) in [5.74, 6) is -0.589. The third-order valence-corrected chi connectivity index (χ3v) is 4.07. The van der Waals surface area contributed by atoms with Crippen LogP contribution in [0.5, 0.6) is 0 Å². The SMILES string of the molecule is Cc1noc(CCC(=O)NC2(C)CCCCC2C(=O)O)n1. The van der Waals surface area contributed by atoms with Crippen LogP contribution in [0.15, 0.2) is 4.52 Å². The minimum Gasteiger partial charge on any atom is -0.481 e. The highest BCUT2D eigenvalue weighted by molar-refractivity contribution is 5.79. The van der Waals surface area contributed by atoms with Crippen molar-refractivity contribution in [3.63, 3.8) is 0 Å². The minimum atomic E-state index is -0.843. The topological polar surface area (TPSA) is 105 Å². The highest BCUT2D eigenvalue weighted by Gasteiger charge is 2.42. The van der Waals surface area contributed by atoms with Gasteiger partial charge in [-0.1, -0.05) is 18.0 Å². The number of hydrogen-bond acceptors (Lipinski definition) is 5. The van der Waals surface area contributed by atoms with Gasteiger partial charge in [-0.05, 0) is 26.7 Å². The molecule has 0 saturated heterocycles. The summed E-state index contributed by atoms with van der Waals surface area (Å²) >= 11 is 0. The number of amides is 1. The first-order valence-corrected chi connectivity index (χ1v) is 7.24. The van der Waals surface area contributed by atoms with Crippen LogP contribution in [-0.2, 0) is 16.0 Å². The lowest BCUT2D eigenvalue weighted by Crippen LogP contribution is -2.55. The molecule has 1 aliphatic rings. The lowest BCUT2D eigenvalue weighted by molar-refractivity contribution is -0.146. The number of carboxylic acids is 1. The molecule has 1 aromatic rings. The van der Waals surface area contributed by atoms with Crippen LogP contribution in [0.1, 0.15) is 50.7 Å². The lowest BCUT2D eigenvalue weighted by atomic mass is 9.74. The third-order valence-electron chi connectivity index (χ3n) is 4.07. The van der Waals surface area contributed by atoms with Gasteiger partial charge in [-0.3, -0.25) is 9.59 Å². The number of hydrogen-bond donors (Lipinski definition) is 2. The van der Waals surface area contributed by atoms with E-state index in [4.69, 9.17) is 4.52 Å². The van der Waals surface area contributed by atoms with Gasteiger partial charge < -0.3 is 14.9 Å². The maximum absolute atomic E-state index is 12.1. The van der Waals surface area contributed by atoms with Crippen LogP contribution in [0, 0.1) is 12.8 Å². The summed E-state index contributed by atoms with van der Waals surface area (Å²) in [6.07, 6.45) is 3.70. The highest BCUT2D eigenvalue weighted by atomic mass is 16.5. The molecular weight excluding hydrogens is 274 g/mol. The molecule has 116 valence electrons. The molecular formula is C14H21N3O4. The number of carbonyl (C=O) groups excluding carboxylic acids is 1. The van der Waals surface area contributed by atoms with Crippen molar-refractivity contribution in [3.05, 3.63) is 11.7 Å². The first kappa shape index (κ1) is 15.5. The first-order chi connectivity index (χ1) is 9.90. The molecule has 1 aliphatic carbocycles. The lowest BCUT2D eigenvalue weighted by Gasteiger charge is -2.39. The van der Waals surface area contributed by atoms with Crippen molar-refractivity contribution in [2.45, 2.75) is 57.9 Å². The van der Waals surface area contributed by atoms with Crippen LogP contribution in [0.2, 0.25) is 0 Å². The Labute approximate surface area is 123 Å². The second-order valence-corrected chi connectivity index (χ2v) is 5.84. The van der Waals surface area contributed by atoms with Crippen LogP contribution in [0.3, 0.4) is 0 Å². The van der Waals surface area contributed by atoms with Crippen LogP contribution >= 0.6 is 0 Å². The molecule has 1 fully saturated rings. The van der Waals surface area contributed by atoms with E-state index in [9.17, 15) is 14.7 Å². The summed E-state index contributed by atoms with van der Waals surface area (Å²) in [5.41, 5.74) is -0.675. The molecule has 0 aliphatic heterocycles. The van der Waals surface area contributed by atoms with E-state index in [2.05, 4.69) is 15.5 Å². The molecule has 2 unspecified atom stereocenters. The second kappa shape index (κ2) is 6.24. The highest BCUT2D eigenvalue weighted by Crippen LogP contribution is 2.33. The van der Waals surface area contributed by atoms with Gasteiger partial charge in [-0.25, -0.2) is 0 Å². The zero-order chi connectivity index (χ0) is 15.5. The normalized spacial score (nSPS) is 25.5. The van der Waals surface area contributed by atoms with Crippen LogP contribution < -0.4 is 5.32 Å². The quantitative estimate of drug-likeness (QED) is 0.852. The minimum absolute atomic E-state index is 0.179. The first-order valence-electron chi connectivity index (χ1n) is 7.24. The second-order valence-electron chi connectivity index (χ2n) is 5.84. The number of aliphatic carboxylic acids is 1. The molecule has 2 atom stereocenters. The molecule has 0 radical (unpaired) electrons. The Balaban J connectivity index is 1.92. The van der Waals surface area contributed by atoms with Crippen LogP contribution in [0.4, 0.5) is 0 Å². The fourth-order valence-electron chi connectivity index (χ4n) is 2.92. The van der Waals surface area contributed by atoms with Gasteiger partial charge in [0.2, 0.25) is 11.8 Å². The maximum Gasteiger partial charge on any atom is 0.308 e. The standard InChI is InChI=1S/C14H21N3O4/c1-9-15-12(21-17-9)7-6-11(18)16-14(2)8-4-3-5-10(14)13(19)20/h10H,3-8H2,1-2H3,(H,16,18)(H,19,20). The Bertz CT molecular complexity index is 528. The number of carbonyl (C=O) groups is 2. The Morgan fingerprint density at radius 2 is 2.24 bits per heavy atom. The molecule has 7 nitrogen and oxygen atoms in total. The molecule has 1 heterocycles. The molecule has 0 aromatic carbocycles. The monoisotopic (exact) mass is 295 g/mol. The van der Waals surface area contributed by atoms with Crippen molar-refractivity contribution in [1.82, 2.24) is 15.5 Å². The zero-order valence-electron chi connectivity index (χ0n) is 12.4. The van der Waals surface area contributed by atoms with Gasteiger partial charge in [0.05, 0.1) is 11.5 Å². The van der Waals surface area contributed by atoms with Crippen molar-refractivity contribution in [3.8, 4) is 0 Å².